The minimum atomic E-state index is 0.322. The second-order valence-corrected chi connectivity index (χ2v) is 7.56. The third kappa shape index (κ3) is 21.1. The molecule has 3 N–H and O–H groups in total. The van der Waals surface area contributed by atoms with Gasteiger partial charge in [-0.1, -0.05) is 116 Å². The molecule has 0 heterocycles. The Kier molecular flexibility index (Phi) is 20.4. The molecule has 0 aliphatic heterocycles. The number of unbranched alkanes of at least 4 members (excludes halogenated alkanes) is 13. The molecule has 3 nitrogen and oxygen atoms in total. The van der Waals surface area contributed by atoms with Gasteiger partial charge in [0.05, 0.1) is 0 Å². The topological polar surface area (TPSA) is 49.5 Å². The lowest BCUT2D eigenvalue weighted by molar-refractivity contribution is 0.290. The molecule has 1 rings (SSSR count). The highest BCUT2D eigenvalue weighted by atomic mass is 16.3. The summed E-state index contributed by atoms with van der Waals surface area (Å²) >= 11 is 0. The molecule has 1 aromatic rings. The number of hydrogen-bond donors (Lipinski definition) is 2. The first kappa shape index (κ1) is 25.9. The maximum atomic E-state index is 8.63. The molecule has 0 saturated heterocycles. The van der Waals surface area contributed by atoms with Crippen molar-refractivity contribution < 1.29 is 5.11 Å². The highest BCUT2D eigenvalue weighted by molar-refractivity contribution is 5.18. The van der Waals surface area contributed by atoms with E-state index in [1.165, 1.54) is 89.9 Å². The van der Waals surface area contributed by atoms with E-state index in [1.54, 1.807) is 24.3 Å². The molecule has 3 heteroatoms. The smallest absolute Gasteiger partial charge is 0.115 e. The molecular weight excluding hydrogens is 332 g/mol. The van der Waals surface area contributed by atoms with E-state index in [4.69, 9.17) is 10.9 Å². The zero-order chi connectivity index (χ0) is 20.0. The summed E-state index contributed by atoms with van der Waals surface area (Å²) in [5.41, 5.74) is 0. The number of nitrogens with two attached hydrogens (primary N) is 1. The number of aromatic hydroxyl groups is 1. The standard InChI is InChI=1S/C18H40N2.C6H6O/c1-3-5-6-7-8-9-10-11-12-13-14-15-16-17-18-20(19)4-2;7-6-4-2-1-3-5-6/h3-19H2,1-2H3;1-5,7H. The van der Waals surface area contributed by atoms with Gasteiger partial charge in [0.25, 0.3) is 0 Å². The molecule has 0 bridgehead atoms. The minimum absolute atomic E-state index is 0.322. The van der Waals surface area contributed by atoms with Gasteiger partial charge in [0.1, 0.15) is 5.75 Å². The lowest BCUT2D eigenvalue weighted by atomic mass is 10.0. The van der Waals surface area contributed by atoms with Crippen molar-refractivity contribution >= 4 is 0 Å². The molecule has 0 aromatic heterocycles. The molecular formula is C24H46N2O. The first-order valence-corrected chi connectivity index (χ1v) is 11.4. The Labute approximate surface area is 169 Å². The van der Waals surface area contributed by atoms with E-state index in [9.17, 15) is 0 Å². The second-order valence-electron chi connectivity index (χ2n) is 7.56. The average molecular weight is 379 g/mol. The van der Waals surface area contributed by atoms with Crippen LogP contribution in [0, 0.1) is 0 Å². The summed E-state index contributed by atoms with van der Waals surface area (Å²) in [6.07, 6.45) is 19.9. The average Bonchev–Trinajstić information content (AvgIpc) is 2.69. The number of nitrogens with zero attached hydrogens (tertiary/aromatic N) is 1. The number of phenolic OH excluding ortho intramolecular Hbond substituents is 1. The Morgan fingerprint density at radius 2 is 1.07 bits per heavy atom. The number of benzene rings is 1. The van der Waals surface area contributed by atoms with E-state index in [0.29, 0.717) is 5.75 Å². The molecule has 0 fully saturated rings. The number of phenols is 1. The van der Waals surface area contributed by atoms with Crippen molar-refractivity contribution in [3.63, 3.8) is 0 Å². The highest BCUT2D eigenvalue weighted by Crippen LogP contribution is 2.12. The van der Waals surface area contributed by atoms with Gasteiger partial charge in [0, 0.05) is 13.1 Å². The molecule has 27 heavy (non-hydrogen) atoms. The van der Waals surface area contributed by atoms with Crippen molar-refractivity contribution in [2.24, 2.45) is 5.84 Å². The van der Waals surface area contributed by atoms with Gasteiger partial charge in [0.15, 0.2) is 0 Å². The van der Waals surface area contributed by atoms with Crippen LogP contribution in [0.2, 0.25) is 0 Å². The normalized spacial score (nSPS) is 10.7. The van der Waals surface area contributed by atoms with Gasteiger partial charge in [-0.25, -0.2) is 5.01 Å². The van der Waals surface area contributed by atoms with Gasteiger partial charge in [0.2, 0.25) is 0 Å². The number of hydrazine groups is 1. The van der Waals surface area contributed by atoms with E-state index in [2.05, 4.69) is 13.8 Å². The maximum Gasteiger partial charge on any atom is 0.115 e. The molecule has 0 amide bonds. The summed E-state index contributed by atoms with van der Waals surface area (Å²) in [5.74, 6) is 6.08. The summed E-state index contributed by atoms with van der Waals surface area (Å²) in [6.45, 7) is 6.44. The third-order valence-corrected chi connectivity index (χ3v) is 4.96. The van der Waals surface area contributed by atoms with Crippen molar-refractivity contribution in [3.8, 4) is 5.75 Å². The lowest BCUT2D eigenvalue weighted by Gasteiger charge is -2.12. The Bertz CT molecular complexity index is 383. The zero-order valence-corrected chi connectivity index (χ0v) is 18.2. The fourth-order valence-electron chi connectivity index (χ4n) is 3.10. The molecule has 0 aliphatic rings. The molecule has 0 saturated carbocycles. The Morgan fingerprint density at radius 1 is 0.667 bits per heavy atom. The van der Waals surface area contributed by atoms with Crippen LogP contribution >= 0.6 is 0 Å². The van der Waals surface area contributed by atoms with Crippen molar-refractivity contribution in [1.29, 1.82) is 0 Å². The highest BCUT2D eigenvalue weighted by Gasteiger charge is 1.96. The monoisotopic (exact) mass is 378 g/mol. The van der Waals surface area contributed by atoms with E-state index in [0.717, 1.165) is 13.1 Å². The van der Waals surface area contributed by atoms with Crippen LogP contribution < -0.4 is 5.84 Å². The van der Waals surface area contributed by atoms with Gasteiger partial charge in [-0.2, -0.15) is 0 Å². The Hall–Kier alpha value is -1.06. The first-order chi connectivity index (χ1) is 13.2. The fourth-order valence-corrected chi connectivity index (χ4v) is 3.10. The predicted molar refractivity (Wildman–Crippen MR) is 120 cm³/mol. The van der Waals surface area contributed by atoms with Gasteiger partial charge >= 0.3 is 0 Å². The van der Waals surface area contributed by atoms with Crippen LogP contribution in [0.5, 0.6) is 5.75 Å². The van der Waals surface area contributed by atoms with Crippen LogP contribution in [0.15, 0.2) is 30.3 Å². The van der Waals surface area contributed by atoms with Gasteiger partial charge < -0.3 is 5.11 Å². The van der Waals surface area contributed by atoms with Crippen LogP contribution in [0.4, 0.5) is 0 Å². The Morgan fingerprint density at radius 3 is 1.41 bits per heavy atom. The van der Waals surface area contributed by atoms with Crippen LogP contribution in [0.1, 0.15) is 104 Å². The molecule has 0 spiro atoms. The summed E-state index contributed by atoms with van der Waals surface area (Å²) < 4.78 is 0. The fraction of sp³-hybridized carbons (Fsp3) is 0.750. The second kappa shape index (κ2) is 21.2. The predicted octanol–water partition coefficient (Wildman–Crippen LogP) is 7.06. The molecule has 0 radical (unpaired) electrons. The third-order valence-electron chi connectivity index (χ3n) is 4.96. The number of para-hydroxylation sites is 1. The van der Waals surface area contributed by atoms with Crippen LogP contribution in [0.3, 0.4) is 0 Å². The van der Waals surface area contributed by atoms with E-state index >= 15 is 0 Å². The van der Waals surface area contributed by atoms with Crippen LogP contribution in [0.25, 0.3) is 0 Å². The number of rotatable bonds is 16. The van der Waals surface area contributed by atoms with Crippen LogP contribution in [-0.4, -0.2) is 23.2 Å². The summed E-state index contributed by atoms with van der Waals surface area (Å²) in [4.78, 5) is 0. The van der Waals surface area contributed by atoms with E-state index in [-0.39, 0.29) is 0 Å². The lowest BCUT2D eigenvalue weighted by Crippen LogP contribution is -2.31. The summed E-state index contributed by atoms with van der Waals surface area (Å²) in [5, 5.41) is 10.5. The summed E-state index contributed by atoms with van der Waals surface area (Å²) in [7, 11) is 0. The molecule has 1 aromatic carbocycles. The van der Waals surface area contributed by atoms with Crippen molar-refractivity contribution in [3.05, 3.63) is 30.3 Å². The van der Waals surface area contributed by atoms with E-state index in [1.807, 2.05) is 11.1 Å². The minimum Gasteiger partial charge on any atom is -0.508 e. The number of hydrogen-bond acceptors (Lipinski definition) is 3. The van der Waals surface area contributed by atoms with Gasteiger partial charge in [-0.3, -0.25) is 5.84 Å². The molecule has 158 valence electrons. The largest absolute Gasteiger partial charge is 0.508 e. The van der Waals surface area contributed by atoms with Gasteiger partial charge in [-0.05, 0) is 18.6 Å². The van der Waals surface area contributed by atoms with E-state index < -0.39 is 0 Å². The van der Waals surface area contributed by atoms with Crippen molar-refractivity contribution in [1.82, 2.24) is 5.01 Å². The zero-order valence-electron chi connectivity index (χ0n) is 18.2. The molecule has 0 unspecified atom stereocenters. The van der Waals surface area contributed by atoms with Crippen molar-refractivity contribution in [2.45, 2.75) is 104 Å². The Balaban J connectivity index is 0.000000797. The summed E-state index contributed by atoms with van der Waals surface area (Å²) in [6, 6.07) is 8.71. The first-order valence-electron chi connectivity index (χ1n) is 11.4. The van der Waals surface area contributed by atoms with Gasteiger partial charge in [-0.15, -0.1) is 0 Å². The SMILES string of the molecule is CCCCCCCCCCCCCCCCN(N)CC.Oc1ccccc1. The van der Waals surface area contributed by atoms with Crippen LogP contribution in [-0.2, 0) is 0 Å². The maximum absolute atomic E-state index is 8.63. The molecule has 0 atom stereocenters. The quantitative estimate of drug-likeness (QED) is 0.184. The molecule has 0 aliphatic carbocycles. The van der Waals surface area contributed by atoms with Crippen molar-refractivity contribution in [2.75, 3.05) is 13.1 Å².